The average molecular weight is 228 g/mol. The minimum Gasteiger partial charge on any atom is -0.478 e. The summed E-state index contributed by atoms with van der Waals surface area (Å²) < 4.78 is 2.19. The van der Waals surface area contributed by atoms with Gasteiger partial charge in [-0.3, -0.25) is 0 Å². The Labute approximate surface area is 98.2 Å². The fourth-order valence-electron chi connectivity index (χ4n) is 1.96. The summed E-state index contributed by atoms with van der Waals surface area (Å²) in [5.74, 6) is -0.936. The molecule has 4 nitrogen and oxygen atoms in total. The zero-order chi connectivity index (χ0) is 11.8. The summed E-state index contributed by atoms with van der Waals surface area (Å²) in [5.41, 5.74) is 2.91. The first-order chi connectivity index (χ1) is 8.24. The monoisotopic (exact) mass is 228 g/mol. The Morgan fingerprint density at radius 1 is 1.47 bits per heavy atom. The second-order valence-electron chi connectivity index (χ2n) is 4.30. The van der Waals surface area contributed by atoms with Gasteiger partial charge in [0.25, 0.3) is 0 Å². The molecule has 3 rings (SSSR count). The van der Waals surface area contributed by atoms with Crippen LogP contribution in [0.2, 0.25) is 0 Å². The van der Waals surface area contributed by atoms with E-state index < -0.39 is 5.97 Å². The lowest BCUT2D eigenvalue weighted by Crippen LogP contribution is -1.90. The van der Waals surface area contributed by atoms with E-state index in [1.165, 1.54) is 12.8 Å². The number of imidazole rings is 1. The minimum atomic E-state index is -0.936. The summed E-state index contributed by atoms with van der Waals surface area (Å²) >= 11 is 0. The Morgan fingerprint density at radius 3 is 3.00 bits per heavy atom. The maximum atomic E-state index is 10.4. The van der Waals surface area contributed by atoms with E-state index in [-0.39, 0.29) is 0 Å². The molecule has 0 amide bonds. The summed E-state index contributed by atoms with van der Waals surface area (Å²) in [6.45, 7) is 0. The average Bonchev–Trinajstić information content (AvgIpc) is 3.07. The lowest BCUT2D eigenvalue weighted by atomic mass is 10.2. The van der Waals surface area contributed by atoms with Crippen LogP contribution >= 0.6 is 0 Å². The van der Waals surface area contributed by atoms with E-state index >= 15 is 0 Å². The number of carbonyl (C=O) groups is 1. The fourth-order valence-corrected chi connectivity index (χ4v) is 1.96. The third-order valence-corrected chi connectivity index (χ3v) is 2.96. The molecule has 0 spiro atoms. The lowest BCUT2D eigenvalue weighted by Gasteiger charge is -2.00. The van der Waals surface area contributed by atoms with Gasteiger partial charge in [0.15, 0.2) is 0 Å². The van der Waals surface area contributed by atoms with E-state index in [0.717, 1.165) is 22.7 Å². The second kappa shape index (κ2) is 3.73. The molecule has 4 heteroatoms. The maximum Gasteiger partial charge on any atom is 0.328 e. The molecule has 1 saturated carbocycles. The predicted octanol–water partition coefficient (Wildman–Crippen LogP) is 2.47. The largest absolute Gasteiger partial charge is 0.478 e. The van der Waals surface area contributed by atoms with Crippen molar-refractivity contribution >= 4 is 23.1 Å². The van der Waals surface area contributed by atoms with Gasteiger partial charge < -0.3 is 9.67 Å². The van der Waals surface area contributed by atoms with Crippen molar-refractivity contribution in [1.82, 2.24) is 9.55 Å². The molecule has 0 unspecified atom stereocenters. The topological polar surface area (TPSA) is 55.1 Å². The van der Waals surface area contributed by atoms with Gasteiger partial charge in [0.05, 0.1) is 17.4 Å². The van der Waals surface area contributed by atoms with Gasteiger partial charge in [-0.25, -0.2) is 9.78 Å². The third-order valence-electron chi connectivity index (χ3n) is 2.96. The van der Waals surface area contributed by atoms with Gasteiger partial charge in [0.1, 0.15) is 0 Å². The molecule has 1 aliphatic rings. The smallest absolute Gasteiger partial charge is 0.328 e. The Kier molecular flexibility index (Phi) is 2.21. The summed E-state index contributed by atoms with van der Waals surface area (Å²) in [6.07, 6.45) is 7.04. The molecule has 0 radical (unpaired) electrons. The van der Waals surface area contributed by atoms with Crippen molar-refractivity contribution in [3.8, 4) is 0 Å². The van der Waals surface area contributed by atoms with Crippen molar-refractivity contribution in [3.63, 3.8) is 0 Å². The summed E-state index contributed by atoms with van der Waals surface area (Å²) in [7, 11) is 0. The molecule has 2 aromatic rings. The molecule has 86 valence electrons. The molecule has 1 aromatic carbocycles. The zero-order valence-corrected chi connectivity index (χ0v) is 9.21. The van der Waals surface area contributed by atoms with Gasteiger partial charge in [-0.1, -0.05) is 6.07 Å². The highest BCUT2D eigenvalue weighted by molar-refractivity contribution is 5.86. The molecule has 0 aliphatic heterocycles. The van der Waals surface area contributed by atoms with Crippen molar-refractivity contribution in [2.45, 2.75) is 18.9 Å². The predicted molar refractivity (Wildman–Crippen MR) is 64.7 cm³/mol. The van der Waals surface area contributed by atoms with E-state index in [1.54, 1.807) is 6.08 Å². The molecular weight excluding hydrogens is 216 g/mol. The van der Waals surface area contributed by atoms with E-state index in [2.05, 4.69) is 9.55 Å². The number of hydrogen-bond acceptors (Lipinski definition) is 2. The number of hydrogen-bond donors (Lipinski definition) is 1. The highest BCUT2D eigenvalue weighted by Gasteiger charge is 2.24. The van der Waals surface area contributed by atoms with E-state index in [4.69, 9.17) is 5.11 Å². The Balaban J connectivity index is 1.99. The van der Waals surface area contributed by atoms with E-state index in [9.17, 15) is 4.79 Å². The number of carboxylic acid groups (broad SMARTS) is 1. The summed E-state index contributed by atoms with van der Waals surface area (Å²) in [6, 6.07) is 6.44. The quantitative estimate of drug-likeness (QED) is 0.821. The second-order valence-corrected chi connectivity index (χ2v) is 4.30. The van der Waals surface area contributed by atoms with Crippen LogP contribution in [0, 0.1) is 0 Å². The summed E-state index contributed by atoms with van der Waals surface area (Å²) in [4.78, 5) is 14.8. The highest BCUT2D eigenvalue weighted by atomic mass is 16.4. The number of carboxylic acids is 1. The van der Waals surface area contributed by atoms with Crippen LogP contribution in [0.5, 0.6) is 0 Å². The van der Waals surface area contributed by atoms with Gasteiger partial charge in [0.2, 0.25) is 0 Å². The molecule has 17 heavy (non-hydrogen) atoms. The third kappa shape index (κ3) is 1.93. The van der Waals surface area contributed by atoms with Gasteiger partial charge in [-0.2, -0.15) is 0 Å². The van der Waals surface area contributed by atoms with Crippen LogP contribution in [0.1, 0.15) is 24.4 Å². The van der Waals surface area contributed by atoms with Crippen molar-refractivity contribution in [3.05, 3.63) is 36.2 Å². The zero-order valence-electron chi connectivity index (χ0n) is 9.21. The number of aromatic nitrogens is 2. The van der Waals surface area contributed by atoms with Gasteiger partial charge in [-0.05, 0) is 36.6 Å². The lowest BCUT2D eigenvalue weighted by molar-refractivity contribution is -0.131. The van der Waals surface area contributed by atoms with Gasteiger partial charge in [0, 0.05) is 12.1 Å². The molecule has 0 atom stereocenters. The molecule has 0 bridgehead atoms. The Bertz CT molecular complexity index is 609. The standard InChI is InChI=1S/C13H12N2O2/c16-13(17)6-2-9-1-5-12-11(7-9)14-8-15(12)10-3-4-10/h1-2,5-8,10H,3-4H2,(H,16,17)/b6-2+. The maximum absolute atomic E-state index is 10.4. The van der Waals surface area contributed by atoms with Crippen molar-refractivity contribution < 1.29 is 9.90 Å². The molecule has 1 fully saturated rings. The van der Waals surface area contributed by atoms with Crippen LogP contribution in [0.25, 0.3) is 17.1 Å². The Hall–Kier alpha value is -2.10. The fraction of sp³-hybridized carbons (Fsp3) is 0.231. The number of fused-ring (bicyclic) bond motifs is 1. The summed E-state index contributed by atoms with van der Waals surface area (Å²) in [5, 5.41) is 8.57. The number of nitrogens with zero attached hydrogens (tertiary/aromatic N) is 2. The number of rotatable bonds is 3. The molecule has 0 saturated heterocycles. The normalized spacial score (nSPS) is 15.8. The van der Waals surface area contributed by atoms with Crippen molar-refractivity contribution in [1.29, 1.82) is 0 Å². The van der Waals surface area contributed by atoms with E-state index in [1.807, 2.05) is 24.5 Å². The first kappa shape index (κ1) is 10.1. The molecule has 1 aromatic heterocycles. The molecule has 1 heterocycles. The van der Waals surface area contributed by atoms with Crippen LogP contribution in [-0.4, -0.2) is 20.6 Å². The first-order valence-electron chi connectivity index (χ1n) is 5.61. The van der Waals surface area contributed by atoms with Crippen LogP contribution in [-0.2, 0) is 4.79 Å². The van der Waals surface area contributed by atoms with Crippen LogP contribution in [0.15, 0.2) is 30.6 Å². The molecule has 1 aliphatic carbocycles. The molecular formula is C13H12N2O2. The van der Waals surface area contributed by atoms with Crippen molar-refractivity contribution in [2.24, 2.45) is 0 Å². The first-order valence-corrected chi connectivity index (χ1v) is 5.61. The Morgan fingerprint density at radius 2 is 2.29 bits per heavy atom. The minimum absolute atomic E-state index is 0.611. The number of aliphatic carboxylic acids is 1. The highest BCUT2D eigenvalue weighted by Crippen LogP contribution is 2.37. The SMILES string of the molecule is O=C(O)/C=C/c1ccc2c(c1)ncn2C1CC1. The van der Waals surface area contributed by atoms with Gasteiger partial charge >= 0.3 is 5.97 Å². The van der Waals surface area contributed by atoms with Crippen molar-refractivity contribution in [2.75, 3.05) is 0 Å². The van der Waals surface area contributed by atoms with Crippen LogP contribution in [0.3, 0.4) is 0 Å². The molecule has 1 N–H and O–H groups in total. The van der Waals surface area contributed by atoms with Crippen LogP contribution < -0.4 is 0 Å². The van der Waals surface area contributed by atoms with Gasteiger partial charge in [-0.15, -0.1) is 0 Å². The van der Waals surface area contributed by atoms with E-state index in [0.29, 0.717) is 6.04 Å². The van der Waals surface area contributed by atoms with Crippen LogP contribution in [0.4, 0.5) is 0 Å². The number of benzene rings is 1.